The zero-order chi connectivity index (χ0) is 8.77. The van der Waals surface area contributed by atoms with E-state index >= 15 is 0 Å². The highest BCUT2D eigenvalue weighted by Crippen LogP contribution is 2.55. The lowest BCUT2D eigenvalue weighted by atomic mass is 10.1. The summed E-state index contributed by atoms with van der Waals surface area (Å²) in [5, 5.41) is 9.00. The Morgan fingerprint density at radius 1 is 1.75 bits per heavy atom. The average Bonchev–Trinajstić information content (AvgIpc) is 2.50. The fourth-order valence-electron chi connectivity index (χ4n) is 1.64. The highest BCUT2D eigenvalue weighted by molar-refractivity contribution is 9.11. The van der Waals surface area contributed by atoms with Gasteiger partial charge in [0.25, 0.3) is 0 Å². The van der Waals surface area contributed by atoms with Crippen molar-refractivity contribution in [2.45, 2.75) is 18.8 Å². The van der Waals surface area contributed by atoms with Crippen LogP contribution in [0.25, 0.3) is 0 Å². The fourth-order valence-corrected chi connectivity index (χ4v) is 3.26. The number of hydrogen-bond donors (Lipinski definition) is 1. The number of rotatable bonds is 2. The second-order valence-electron chi connectivity index (χ2n) is 3.60. The van der Waals surface area contributed by atoms with Crippen molar-refractivity contribution in [1.82, 2.24) is 0 Å². The van der Waals surface area contributed by atoms with Crippen molar-refractivity contribution in [2.24, 2.45) is 5.92 Å². The van der Waals surface area contributed by atoms with E-state index in [0.29, 0.717) is 12.5 Å². The van der Waals surface area contributed by atoms with Crippen LogP contribution < -0.4 is 0 Å². The van der Waals surface area contributed by atoms with Crippen LogP contribution >= 0.6 is 27.3 Å². The van der Waals surface area contributed by atoms with E-state index in [9.17, 15) is 0 Å². The van der Waals surface area contributed by atoms with E-state index in [4.69, 9.17) is 5.11 Å². The summed E-state index contributed by atoms with van der Waals surface area (Å²) in [6, 6.07) is 4.24. The minimum Gasteiger partial charge on any atom is -0.396 e. The van der Waals surface area contributed by atoms with Gasteiger partial charge in [-0.2, -0.15) is 0 Å². The molecule has 2 atom stereocenters. The zero-order valence-electron chi connectivity index (χ0n) is 6.88. The second kappa shape index (κ2) is 2.82. The molecule has 3 heteroatoms. The molecule has 1 aliphatic carbocycles. The van der Waals surface area contributed by atoms with Gasteiger partial charge in [0, 0.05) is 16.9 Å². The summed E-state index contributed by atoms with van der Waals surface area (Å²) in [6.07, 6.45) is 1.14. The molecular weight excluding hydrogens is 236 g/mol. The van der Waals surface area contributed by atoms with Crippen LogP contribution in [-0.4, -0.2) is 11.7 Å². The molecule has 2 unspecified atom stereocenters. The Hall–Kier alpha value is 0.140. The Labute approximate surface area is 84.6 Å². The minimum atomic E-state index is 0.269. The maximum Gasteiger partial charge on any atom is 0.0701 e. The van der Waals surface area contributed by atoms with Crippen molar-refractivity contribution in [2.75, 3.05) is 6.61 Å². The van der Waals surface area contributed by atoms with Crippen LogP contribution in [0.2, 0.25) is 0 Å². The van der Waals surface area contributed by atoms with Gasteiger partial charge in [0.1, 0.15) is 0 Å². The molecule has 1 fully saturated rings. The molecule has 0 radical (unpaired) electrons. The van der Waals surface area contributed by atoms with Gasteiger partial charge >= 0.3 is 0 Å². The first-order valence-corrected chi connectivity index (χ1v) is 5.64. The smallest absolute Gasteiger partial charge is 0.0701 e. The topological polar surface area (TPSA) is 20.2 Å². The van der Waals surface area contributed by atoms with Gasteiger partial charge in [0.2, 0.25) is 0 Å². The molecular formula is C9H11BrOS. The van der Waals surface area contributed by atoms with E-state index in [2.05, 4.69) is 35.0 Å². The molecule has 0 spiro atoms. The van der Waals surface area contributed by atoms with Crippen LogP contribution in [0.3, 0.4) is 0 Å². The van der Waals surface area contributed by atoms with Crippen LogP contribution in [0.5, 0.6) is 0 Å². The number of halogens is 1. The summed E-state index contributed by atoms with van der Waals surface area (Å²) in [4.78, 5) is 1.40. The Bertz CT molecular complexity index is 296. The summed E-state index contributed by atoms with van der Waals surface area (Å²) >= 11 is 5.23. The van der Waals surface area contributed by atoms with Gasteiger partial charge in [-0.3, -0.25) is 0 Å². The van der Waals surface area contributed by atoms with Crippen molar-refractivity contribution < 1.29 is 5.11 Å². The molecule has 0 aliphatic heterocycles. The van der Waals surface area contributed by atoms with Gasteiger partial charge in [0.05, 0.1) is 3.79 Å². The van der Waals surface area contributed by atoms with Crippen LogP contribution in [-0.2, 0) is 5.41 Å². The van der Waals surface area contributed by atoms with E-state index in [1.807, 2.05) is 0 Å². The zero-order valence-corrected chi connectivity index (χ0v) is 9.28. The maximum atomic E-state index is 9.00. The molecule has 1 saturated carbocycles. The van der Waals surface area contributed by atoms with Gasteiger partial charge in [-0.05, 0) is 40.4 Å². The van der Waals surface area contributed by atoms with Crippen molar-refractivity contribution in [3.63, 3.8) is 0 Å². The quantitative estimate of drug-likeness (QED) is 0.852. The molecule has 1 N–H and O–H groups in total. The number of hydrogen-bond acceptors (Lipinski definition) is 2. The molecule has 1 nitrogen and oxygen atoms in total. The molecule has 12 heavy (non-hydrogen) atoms. The Morgan fingerprint density at radius 2 is 2.50 bits per heavy atom. The Kier molecular flexibility index (Phi) is 2.05. The molecule has 2 rings (SSSR count). The molecule has 66 valence electrons. The third-order valence-electron chi connectivity index (χ3n) is 2.77. The number of aliphatic hydroxyl groups excluding tert-OH is 1. The molecule has 0 aromatic carbocycles. The van der Waals surface area contributed by atoms with Crippen LogP contribution in [0.4, 0.5) is 0 Å². The first kappa shape index (κ1) is 8.73. The van der Waals surface area contributed by atoms with E-state index in [1.165, 1.54) is 8.66 Å². The van der Waals surface area contributed by atoms with Crippen LogP contribution in [0.1, 0.15) is 18.2 Å². The van der Waals surface area contributed by atoms with E-state index in [1.54, 1.807) is 11.3 Å². The van der Waals surface area contributed by atoms with Gasteiger partial charge < -0.3 is 5.11 Å². The van der Waals surface area contributed by atoms with Gasteiger partial charge in [-0.25, -0.2) is 0 Å². The summed E-state index contributed by atoms with van der Waals surface area (Å²) < 4.78 is 1.18. The lowest BCUT2D eigenvalue weighted by Crippen LogP contribution is -2.03. The summed E-state index contributed by atoms with van der Waals surface area (Å²) in [5.41, 5.74) is 0.269. The van der Waals surface area contributed by atoms with Crippen molar-refractivity contribution in [3.05, 3.63) is 20.8 Å². The summed E-state index contributed by atoms with van der Waals surface area (Å²) in [7, 11) is 0. The van der Waals surface area contributed by atoms with Gasteiger partial charge in [0.15, 0.2) is 0 Å². The third kappa shape index (κ3) is 1.24. The van der Waals surface area contributed by atoms with Crippen molar-refractivity contribution >= 4 is 27.3 Å². The Balaban J connectivity index is 2.22. The average molecular weight is 247 g/mol. The Morgan fingerprint density at radius 3 is 2.92 bits per heavy atom. The van der Waals surface area contributed by atoms with E-state index in [0.717, 1.165) is 6.42 Å². The number of aliphatic hydroxyl groups is 1. The minimum absolute atomic E-state index is 0.269. The molecule has 0 saturated heterocycles. The second-order valence-corrected chi connectivity index (χ2v) is 6.07. The molecule has 1 heterocycles. The van der Waals surface area contributed by atoms with Crippen molar-refractivity contribution in [3.8, 4) is 0 Å². The SMILES string of the molecule is CC1(c2ccc(Br)s2)CC1CO. The lowest BCUT2D eigenvalue weighted by Gasteiger charge is -2.05. The first-order chi connectivity index (χ1) is 5.66. The van der Waals surface area contributed by atoms with Crippen molar-refractivity contribution in [1.29, 1.82) is 0 Å². The largest absolute Gasteiger partial charge is 0.396 e. The molecule has 0 amide bonds. The monoisotopic (exact) mass is 246 g/mol. The summed E-state index contributed by atoms with van der Waals surface area (Å²) in [5.74, 6) is 0.489. The van der Waals surface area contributed by atoms with Crippen LogP contribution in [0.15, 0.2) is 15.9 Å². The van der Waals surface area contributed by atoms with Crippen LogP contribution in [0, 0.1) is 5.92 Å². The predicted octanol–water partition coefficient (Wildman–Crippen LogP) is 2.78. The molecule has 0 bridgehead atoms. The third-order valence-corrected chi connectivity index (χ3v) is 4.67. The first-order valence-electron chi connectivity index (χ1n) is 4.03. The van der Waals surface area contributed by atoms with E-state index < -0.39 is 0 Å². The highest BCUT2D eigenvalue weighted by atomic mass is 79.9. The normalized spacial score (nSPS) is 33.8. The highest BCUT2D eigenvalue weighted by Gasteiger charge is 2.51. The maximum absolute atomic E-state index is 9.00. The fraction of sp³-hybridized carbons (Fsp3) is 0.556. The molecule has 1 aromatic rings. The molecule has 1 aromatic heterocycles. The predicted molar refractivity (Wildman–Crippen MR) is 54.6 cm³/mol. The standard InChI is InChI=1S/C9H11BrOS/c1-9(4-6(9)5-11)7-2-3-8(10)12-7/h2-3,6,11H,4-5H2,1H3. The van der Waals surface area contributed by atoms with Gasteiger partial charge in [-0.1, -0.05) is 6.92 Å². The lowest BCUT2D eigenvalue weighted by molar-refractivity contribution is 0.266. The molecule has 1 aliphatic rings. The summed E-state index contributed by atoms with van der Waals surface area (Å²) in [6.45, 7) is 2.55. The van der Waals surface area contributed by atoms with Gasteiger partial charge in [-0.15, -0.1) is 11.3 Å². The van der Waals surface area contributed by atoms with E-state index in [-0.39, 0.29) is 5.41 Å². The number of thiophene rings is 1.